The summed E-state index contributed by atoms with van der Waals surface area (Å²) in [5.41, 5.74) is 0.387. The van der Waals surface area contributed by atoms with Gasteiger partial charge in [-0.05, 0) is 37.9 Å². The van der Waals surface area contributed by atoms with Crippen LogP contribution in [-0.4, -0.2) is 9.78 Å². The smallest absolute Gasteiger partial charge is 0.131 e. The summed E-state index contributed by atoms with van der Waals surface area (Å²) >= 11 is 6.50. The van der Waals surface area contributed by atoms with E-state index in [1.54, 1.807) is 10.7 Å². The maximum atomic E-state index is 13.4. The average Bonchev–Trinajstić information content (AvgIpc) is 2.50. The average molecular weight is 352 g/mol. The molecular weight excluding hydrogens is 346 g/mol. The van der Waals surface area contributed by atoms with E-state index >= 15 is 0 Å². The van der Waals surface area contributed by atoms with Gasteiger partial charge < -0.3 is 0 Å². The van der Waals surface area contributed by atoms with Crippen LogP contribution in [0.1, 0.15) is 5.56 Å². The van der Waals surface area contributed by atoms with Crippen LogP contribution in [0.3, 0.4) is 0 Å². The molecule has 0 amide bonds. The summed E-state index contributed by atoms with van der Waals surface area (Å²) in [6, 6.07) is 5.25. The van der Waals surface area contributed by atoms with Crippen molar-refractivity contribution in [1.29, 1.82) is 0 Å². The van der Waals surface area contributed by atoms with Crippen molar-refractivity contribution in [3.63, 3.8) is 0 Å². The van der Waals surface area contributed by atoms with Crippen LogP contribution in [0.2, 0.25) is 0 Å². The normalized spacial score (nSPS) is 10.8. The van der Waals surface area contributed by atoms with E-state index in [1.807, 2.05) is 0 Å². The number of hydrogen-bond donors (Lipinski definition) is 0. The third-order valence-corrected chi connectivity index (χ3v) is 3.06. The fraction of sp³-hybridized carbons (Fsp3) is 0.100. The van der Waals surface area contributed by atoms with Crippen LogP contribution in [0.15, 0.2) is 33.5 Å². The number of hydrogen-bond acceptors (Lipinski definition) is 1. The Labute approximate surface area is 108 Å². The molecule has 0 saturated carbocycles. The third kappa shape index (κ3) is 2.49. The lowest BCUT2D eigenvalue weighted by Gasteiger charge is -2.04. The topological polar surface area (TPSA) is 17.8 Å². The molecule has 0 fully saturated rings. The molecule has 0 aliphatic carbocycles. The molecular formula is C10H6Br2F2N2. The number of nitrogens with zero attached hydrogens (tertiary/aromatic N) is 2. The molecule has 0 saturated heterocycles. The number of benzene rings is 1. The van der Waals surface area contributed by atoms with Gasteiger partial charge in [0.05, 0.1) is 6.54 Å². The molecule has 2 rings (SSSR count). The van der Waals surface area contributed by atoms with Gasteiger partial charge in [0.25, 0.3) is 0 Å². The minimum atomic E-state index is -0.582. The zero-order valence-corrected chi connectivity index (χ0v) is 11.1. The van der Waals surface area contributed by atoms with Crippen LogP contribution in [0.25, 0.3) is 0 Å². The van der Waals surface area contributed by atoms with Gasteiger partial charge in [0, 0.05) is 17.7 Å². The largest absolute Gasteiger partial charge is 0.253 e. The van der Waals surface area contributed by atoms with E-state index in [-0.39, 0.29) is 6.54 Å². The van der Waals surface area contributed by atoms with Gasteiger partial charge in [-0.3, -0.25) is 4.68 Å². The van der Waals surface area contributed by atoms with Crippen molar-refractivity contribution in [2.75, 3.05) is 0 Å². The van der Waals surface area contributed by atoms with Crippen LogP contribution in [-0.2, 0) is 6.54 Å². The van der Waals surface area contributed by atoms with Gasteiger partial charge >= 0.3 is 0 Å². The van der Waals surface area contributed by atoms with E-state index < -0.39 is 11.6 Å². The maximum Gasteiger partial charge on any atom is 0.131 e. The van der Waals surface area contributed by atoms with Crippen molar-refractivity contribution in [3.05, 3.63) is 50.7 Å². The van der Waals surface area contributed by atoms with Gasteiger partial charge in [0.1, 0.15) is 20.8 Å². The standard InChI is InChI=1S/C10H6Br2F2N2/c11-9-4-10(12)16(15-9)5-6-1-2-7(13)3-8(6)14/h1-4H,5H2. The summed E-state index contributed by atoms with van der Waals surface area (Å²) in [4.78, 5) is 0. The summed E-state index contributed by atoms with van der Waals surface area (Å²) in [6.45, 7) is 0.248. The first-order valence-electron chi connectivity index (χ1n) is 4.39. The first-order valence-corrected chi connectivity index (χ1v) is 5.97. The number of halogens is 4. The highest BCUT2D eigenvalue weighted by Crippen LogP contribution is 2.19. The number of aromatic nitrogens is 2. The molecule has 0 aliphatic rings. The highest BCUT2D eigenvalue weighted by molar-refractivity contribution is 9.11. The molecule has 1 heterocycles. The zero-order valence-electron chi connectivity index (χ0n) is 7.92. The molecule has 6 heteroatoms. The molecule has 16 heavy (non-hydrogen) atoms. The predicted octanol–water partition coefficient (Wildman–Crippen LogP) is 3.73. The lowest BCUT2D eigenvalue weighted by atomic mass is 10.2. The molecule has 1 aromatic carbocycles. The van der Waals surface area contributed by atoms with E-state index in [2.05, 4.69) is 37.0 Å². The summed E-state index contributed by atoms with van der Waals surface area (Å²) in [7, 11) is 0. The monoisotopic (exact) mass is 350 g/mol. The lowest BCUT2D eigenvalue weighted by Crippen LogP contribution is -2.04. The Balaban J connectivity index is 2.30. The third-order valence-electron chi connectivity index (χ3n) is 2.04. The van der Waals surface area contributed by atoms with Crippen LogP contribution < -0.4 is 0 Å². The van der Waals surface area contributed by atoms with Gasteiger partial charge in [-0.25, -0.2) is 8.78 Å². The van der Waals surface area contributed by atoms with Crippen LogP contribution in [0, 0.1) is 11.6 Å². The Hall–Kier alpha value is -0.750. The summed E-state index contributed by atoms with van der Waals surface area (Å²) in [5.74, 6) is -1.15. The Morgan fingerprint density at radius 2 is 1.94 bits per heavy atom. The molecule has 0 bridgehead atoms. The second-order valence-electron chi connectivity index (χ2n) is 3.18. The van der Waals surface area contributed by atoms with Gasteiger partial charge in [0.2, 0.25) is 0 Å². The molecule has 2 nitrogen and oxygen atoms in total. The Morgan fingerprint density at radius 1 is 1.19 bits per heavy atom. The maximum absolute atomic E-state index is 13.4. The molecule has 0 atom stereocenters. The molecule has 0 aliphatic heterocycles. The lowest BCUT2D eigenvalue weighted by molar-refractivity contribution is 0.556. The molecule has 1 aromatic heterocycles. The van der Waals surface area contributed by atoms with Crippen LogP contribution in [0.5, 0.6) is 0 Å². The Bertz CT molecular complexity index is 526. The molecule has 0 spiro atoms. The molecule has 2 aromatic rings. The quantitative estimate of drug-likeness (QED) is 0.806. The summed E-state index contributed by atoms with van der Waals surface area (Å²) in [6.07, 6.45) is 0. The molecule has 0 N–H and O–H groups in total. The van der Waals surface area contributed by atoms with Gasteiger partial charge in [-0.15, -0.1) is 0 Å². The van der Waals surface area contributed by atoms with Crippen molar-refractivity contribution < 1.29 is 8.78 Å². The Kier molecular flexibility index (Phi) is 3.39. The fourth-order valence-electron chi connectivity index (χ4n) is 1.29. The fourth-order valence-corrected chi connectivity index (χ4v) is 2.42. The highest BCUT2D eigenvalue weighted by Gasteiger charge is 2.08. The van der Waals surface area contributed by atoms with Gasteiger partial charge in [-0.1, -0.05) is 6.07 Å². The molecule has 0 radical (unpaired) electrons. The van der Waals surface area contributed by atoms with E-state index in [4.69, 9.17) is 0 Å². The summed E-state index contributed by atoms with van der Waals surface area (Å²) in [5, 5.41) is 4.10. The predicted molar refractivity (Wildman–Crippen MR) is 63.1 cm³/mol. The van der Waals surface area contributed by atoms with Crippen LogP contribution >= 0.6 is 31.9 Å². The number of rotatable bonds is 2. The Morgan fingerprint density at radius 3 is 2.50 bits per heavy atom. The SMILES string of the molecule is Fc1ccc(Cn2nc(Br)cc2Br)c(F)c1. The van der Waals surface area contributed by atoms with Crippen molar-refractivity contribution >= 4 is 31.9 Å². The van der Waals surface area contributed by atoms with E-state index in [0.29, 0.717) is 10.2 Å². The van der Waals surface area contributed by atoms with Gasteiger partial charge in [0.15, 0.2) is 0 Å². The van der Waals surface area contributed by atoms with Crippen molar-refractivity contribution in [1.82, 2.24) is 9.78 Å². The summed E-state index contributed by atoms with van der Waals surface area (Å²) < 4.78 is 29.0. The zero-order chi connectivity index (χ0) is 11.7. The van der Waals surface area contributed by atoms with Gasteiger partial charge in [-0.2, -0.15) is 5.10 Å². The second kappa shape index (κ2) is 4.63. The first-order chi connectivity index (χ1) is 7.56. The van der Waals surface area contributed by atoms with Crippen molar-refractivity contribution in [2.45, 2.75) is 6.54 Å². The van der Waals surface area contributed by atoms with E-state index in [0.717, 1.165) is 10.7 Å². The molecule has 0 unspecified atom stereocenters. The highest BCUT2D eigenvalue weighted by atomic mass is 79.9. The minimum absolute atomic E-state index is 0.248. The van der Waals surface area contributed by atoms with Crippen molar-refractivity contribution in [2.24, 2.45) is 0 Å². The van der Waals surface area contributed by atoms with Crippen LogP contribution in [0.4, 0.5) is 8.78 Å². The van der Waals surface area contributed by atoms with E-state index in [1.165, 1.54) is 12.1 Å². The second-order valence-corrected chi connectivity index (χ2v) is 4.81. The van der Waals surface area contributed by atoms with E-state index in [9.17, 15) is 8.78 Å². The minimum Gasteiger partial charge on any atom is -0.253 e. The first kappa shape index (κ1) is 11.7. The van der Waals surface area contributed by atoms with Crippen molar-refractivity contribution in [3.8, 4) is 0 Å². The molecule has 84 valence electrons.